The highest BCUT2D eigenvalue weighted by molar-refractivity contribution is 7.92. The SMILES string of the molecule is N#Cc1ccc(S(=O)(=O)Nc2cc(-c3ccc(C(=O)c4cc(F)c(F)c(O)c4F)s3)c(F)cc2F)cc1. The third-order valence-corrected chi connectivity index (χ3v) is 7.57. The second-order valence-corrected chi connectivity index (χ2v) is 10.2. The highest BCUT2D eigenvalue weighted by Crippen LogP contribution is 2.36. The van der Waals surface area contributed by atoms with Crippen molar-refractivity contribution in [1.82, 2.24) is 0 Å². The number of rotatable bonds is 6. The van der Waals surface area contributed by atoms with Gasteiger partial charge in [-0.1, -0.05) is 0 Å². The largest absolute Gasteiger partial charge is 0.503 e. The van der Waals surface area contributed by atoms with E-state index in [0.717, 1.165) is 24.3 Å². The maximum Gasteiger partial charge on any atom is 0.261 e. The molecule has 37 heavy (non-hydrogen) atoms. The van der Waals surface area contributed by atoms with Crippen LogP contribution in [-0.2, 0) is 10.0 Å². The van der Waals surface area contributed by atoms with E-state index in [1.165, 1.54) is 18.2 Å². The minimum Gasteiger partial charge on any atom is -0.503 e. The van der Waals surface area contributed by atoms with Crippen LogP contribution in [0.4, 0.5) is 27.6 Å². The number of nitrogens with one attached hydrogen (secondary N) is 1. The van der Waals surface area contributed by atoms with Crippen LogP contribution < -0.4 is 4.72 Å². The van der Waals surface area contributed by atoms with Crippen LogP contribution in [0.25, 0.3) is 10.4 Å². The highest BCUT2D eigenvalue weighted by atomic mass is 32.2. The van der Waals surface area contributed by atoms with Crippen molar-refractivity contribution in [3.8, 4) is 22.3 Å². The summed E-state index contributed by atoms with van der Waals surface area (Å²) in [4.78, 5) is 12.1. The lowest BCUT2D eigenvalue weighted by Gasteiger charge is -2.11. The molecule has 0 atom stereocenters. The summed E-state index contributed by atoms with van der Waals surface area (Å²) in [6.45, 7) is 0. The summed E-state index contributed by atoms with van der Waals surface area (Å²) in [6, 6.07) is 10.4. The lowest BCUT2D eigenvalue weighted by Crippen LogP contribution is -2.14. The Morgan fingerprint density at radius 2 is 1.57 bits per heavy atom. The normalized spacial score (nSPS) is 11.2. The Hall–Kier alpha value is -4.28. The van der Waals surface area contributed by atoms with Crippen LogP contribution in [0.15, 0.2) is 59.5 Å². The van der Waals surface area contributed by atoms with Crippen molar-refractivity contribution in [2.45, 2.75) is 4.90 Å². The number of anilines is 1. The minimum absolute atomic E-state index is 0.00751. The zero-order valence-electron chi connectivity index (χ0n) is 18.0. The average Bonchev–Trinajstić information content (AvgIpc) is 3.36. The van der Waals surface area contributed by atoms with Crippen molar-refractivity contribution in [3.05, 3.63) is 99.7 Å². The molecular formula is C24H11F5N2O4S2. The van der Waals surface area contributed by atoms with E-state index < -0.39 is 61.9 Å². The molecule has 0 aliphatic carbocycles. The van der Waals surface area contributed by atoms with E-state index in [2.05, 4.69) is 0 Å². The number of aromatic hydroxyl groups is 1. The smallest absolute Gasteiger partial charge is 0.261 e. The van der Waals surface area contributed by atoms with Gasteiger partial charge in [0.15, 0.2) is 17.4 Å². The van der Waals surface area contributed by atoms with Gasteiger partial charge in [-0.05, 0) is 48.5 Å². The van der Waals surface area contributed by atoms with Crippen molar-refractivity contribution in [2.75, 3.05) is 4.72 Å². The Labute approximate surface area is 209 Å². The summed E-state index contributed by atoms with van der Waals surface area (Å²) >= 11 is 0.576. The van der Waals surface area contributed by atoms with E-state index in [0.29, 0.717) is 17.4 Å². The third-order valence-electron chi connectivity index (χ3n) is 5.07. The summed E-state index contributed by atoms with van der Waals surface area (Å²) in [5.74, 6) is -10.4. The summed E-state index contributed by atoms with van der Waals surface area (Å²) in [7, 11) is -4.34. The molecule has 13 heteroatoms. The molecule has 0 spiro atoms. The lowest BCUT2D eigenvalue weighted by molar-refractivity contribution is 0.103. The van der Waals surface area contributed by atoms with Crippen molar-refractivity contribution < 1.29 is 40.3 Å². The Morgan fingerprint density at radius 3 is 2.22 bits per heavy atom. The number of phenols is 1. The van der Waals surface area contributed by atoms with Crippen LogP contribution in [0, 0.1) is 40.4 Å². The first kappa shape index (κ1) is 25.8. The molecule has 0 unspecified atom stereocenters. The molecule has 2 N–H and O–H groups in total. The predicted molar refractivity (Wildman–Crippen MR) is 123 cm³/mol. The first-order chi connectivity index (χ1) is 17.4. The maximum atomic E-state index is 14.6. The molecule has 0 bridgehead atoms. The Bertz CT molecular complexity index is 1710. The molecule has 1 heterocycles. The molecule has 188 valence electrons. The van der Waals surface area contributed by atoms with Gasteiger partial charge in [-0.3, -0.25) is 9.52 Å². The topological polar surface area (TPSA) is 107 Å². The molecule has 0 aliphatic rings. The first-order valence-corrected chi connectivity index (χ1v) is 12.3. The number of ketones is 1. The summed E-state index contributed by atoms with van der Waals surface area (Å²) < 4.78 is 97.4. The number of benzene rings is 3. The van der Waals surface area contributed by atoms with Crippen LogP contribution in [0.3, 0.4) is 0 Å². The Balaban J connectivity index is 1.68. The van der Waals surface area contributed by atoms with E-state index in [-0.39, 0.29) is 31.8 Å². The lowest BCUT2D eigenvalue weighted by atomic mass is 10.1. The molecule has 3 aromatic carbocycles. The molecule has 0 saturated carbocycles. The highest BCUT2D eigenvalue weighted by Gasteiger charge is 2.25. The van der Waals surface area contributed by atoms with Crippen LogP contribution in [0.2, 0.25) is 0 Å². The molecule has 0 radical (unpaired) electrons. The molecular weight excluding hydrogens is 539 g/mol. The van der Waals surface area contributed by atoms with E-state index in [4.69, 9.17) is 5.26 Å². The minimum atomic E-state index is -4.34. The summed E-state index contributed by atoms with van der Waals surface area (Å²) in [5.41, 5.74) is -1.73. The van der Waals surface area contributed by atoms with Gasteiger partial charge in [-0.25, -0.2) is 26.0 Å². The number of hydrogen-bond acceptors (Lipinski definition) is 6. The zero-order valence-corrected chi connectivity index (χ0v) is 19.7. The Morgan fingerprint density at radius 1 is 0.892 bits per heavy atom. The van der Waals surface area contributed by atoms with Crippen molar-refractivity contribution >= 4 is 32.8 Å². The van der Waals surface area contributed by atoms with E-state index in [1.807, 2.05) is 10.8 Å². The Kier molecular flexibility index (Phi) is 6.72. The summed E-state index contributed by atoms with van der Waals surface area (Å²) in [6.07, 6.45) is 0. The zero-order chi connectivity index (χ0) is 27.1. The fraction of sp³-hybridized carbons (Fsp3) is 0. The van der Waals surface area contributed by atoms with Gasteiger partial charge in [0, 0.05) is 16.5 Å². The number of carbonyl (C=O) groups is 1. The third kappa shape index (κ3) is 4.89. The average molecular weight is 550 g/mol. The number of nitrogens with zero attached hydrogens (tertiary/aromatic N) is 1. The monoisotopic (exact) mass is 550 g/mol. The van der Waals surface area contributed by atoms with Gasteiger partial charge in [0.1, 0.15) is 11.6 Å². The maximum absolute atomic E-state index is 14.6. The van der Waals surface area contributed by atoms with E-state index >= 15 is 0 Å². The molecule has 4 rings (SSSR count). The van der Waals surface area contributed by atoms with Crippen molar-refractivity contribution in [3.63, 3.8) is 0 Å². The number of hydrogen-bond donors (Lipinski definition) is 2. The van der Waals surface area contributed by atoms with Crippen LogP contribution in [0.1, 0.15) is 20.8 Å². The fourth-order valence-electron chi connectivity index (χ4n) is 3.22. The molecule has 6 nitrogen and oxygen atoms in total. The van der Waals surface area contributed by atoms with E-state index in [9.17, 15) is 40.3 Å². The predicted octanol–water partition coefficient (Wildman–Crippen LogP) is 5.72. The van der Waals surface area contributed by atoms with Gasteiger partial charge >= 0.3 is 0 Å². The molecule has 4 aromatic rings. The van der Waals surface area contributed by atoms with Crippen LogP contribution >= 0.6 is 11.3 Å². The van der Waals surface area contributed by atoms with E-state index in [1.54, 1.807) is 0 Å². The standard InChI is InChI=1S/C24H11F5N2O4S2/c25-15-9-16(26)18(31-37(34,35)12-3-1-11(10-30)2-4-12)8-13(15)19-5-6-20(36-19)23(32)14-7-17(27)22(29)24(33)21(14)28/h1-9,31,33H. The number of sulfonamides is 1. The fourth-order valence-corrected chi connectivity index (χ4v) is 5.26. The van der Waals surface area contributed by atoms with Gasteiger partial charge < -0.3 is 5.11 Å². The molecule has 1 aromatic heterocycles. The van der Waals surface area contributed by atoms with Gasteiger partial charge in [0.2, 0.25) is 11.6 Å². The molecule has 0 fully saturated rings. The molecule has 0 amide bonds. The van der Waals surface area contributed by atoms with Crippen LogP contribution in [0.5, 0.6) is 5.75 Å². The quantitative estimate of drug-likeness (QED) is 0.181. The van der Waals surface area contributed by atoms with Crippen molar-refractivity contribution in [1.29, 1.82) is 5.26 Å². The molecule has 0 aliphatic heterocycles. The van der Waals surface area contributed by atoms with Gasteiger partial charge in [-0.15, -0.1) is 11.3 Å². The van der Waals surface area contributed by atoms with Gasteiger partial charge in [-0.2, -0.15) is 9.65 Å². The second kappa shape index (κ2) is 9.64. The second-order valence-electron chi connectivity index (χ2n) is 7.43. The number of halogens is 5. The summed E-state index contributed by atoms with van der Waals surface area (Å²) in [5, 5.41) is 18.2. The first-order valence-electron chi connectivity index (χ1n) is 9.96. The number of phenolic OH excluding ortho intramolecular Hbond substituents is 1. The molecule has 0 saturated heterocycles. The number of nitriles is 1. The van der Waals surface area contributed by atoms with Crippen LogP contribution in [-0.4, -0.2) is 19.3 Å². The van der Waals surface area contributed by atoms with Gasteiger partial charge in [0.25, 0.3) is 10.0 Å². The van der Waals surface area contributed by atoms with Gasteiger partial charge in [0.05, 0.1) is 32.7 Å². The number of carbonyl (C=O) groups excluding carboxylic acids is 1. The van der Waals surface area contributed by atoms with Crippen molar-refractivity contribution in [2.24, 2.45) is 0 Å². The number of thiophene rings is 1.